The molecule has 0 aliphatic heterocycles. The van der Waals surface area contributed by atoms with E-state index in [9.17, 15) is 0 Å². The van der Waals surface area contributed by atoms with Gasteiger partial charge < -0.3 is 0 Å². The summed E-state index contributed by atoms with van der Waals surface area (Å²) in [7, 11) is 0. The molecule has 0 saturated heterocycles. The van der Waals surface area contributed by atoms with Crippen molar-refractivity contribution in [3.8, 4) is 11.4 Å². The van der Waals surface area contributed by atoms with Crippen LogP contribution in [0.2, 0.25) is 0 Å². The van der Waals surface area contributed by atoms with Gasteiger partial charge in [-0.05, 0) is 18.2 Å². The minimum atomic E-state index is 0. The Hall–Kier alpha value is -0.991. The van der Waals surface area contributed by atoms with Crippen LogP contribution in [0.4, 0.5) is 0 Å². The standard InChI is InChI=1S/C8H7N3.Ir/c1-2-5-9-7(3-1)8-4-6-10-11-8;/h1-6H,(H,10,11);/q;+3. The molecule has 0 atom stereocenters. The molecule has 4 heteroatoms. The summed E-state index contributed by atoms with van der Waals surface area (Å²) in [6, 6.07) is 7.67. The smallest absolute Gasteiger partial charge is 0.276 e. The van der Waals surface area contributed by atoms with Crippen LogP contribution in [0.1, 0.15) is 0 Å². The summed E-state index contributed by atoms with van der Waals surface area (Å²) in [5, 5.41) is 6.67. The zero-order chi connectivity index (χ0) is 7.52. The van der Waals surface area contributed by atoms with Gasteiger partial charge in [0, 0.05) is 12.4 Å². The van der Waals surface area contributed by atoms with E-state index >= 15 is 0 Å². The molecule has 0 spiro atoms. The van der Waals surface area contributed by atoms with E-state index in [0.29, 0.717) is 0 Å². The van der Waals surface area contributed by atoms with Crippen molar-refractivity contribution in [2.75, 3.05) is 0 Å². The van der Waals surface area contributed by atoms with E-state index in [1.54, 1.807) is 12.4 Å². The van der Waals surface area contributed by atoms with Crippen molar-refractivity contribution in [1.82, 2.24) is 15.2 Å². The molecule has 2 rings (SSSR count). The fourth-order valence-electron chi connectivity index (χ4n) is 0.921. The second-order valence-electron chi connectivity index (χ2n) is 2.19. The molecule has 0 saturated carbocycles. The van der Waals surface area contributed by atoms with Gasteiger partial charge >= 0.3 is 20.1 Å². The first kappa shape index (κ1) is 9.10. The molecule has 0 amide bonds. The number of pyridine rings is 1. The van der Waals surface area contributed by atoms with Crippen molar-refractivity contribution in [1.29, 1.82) is 0 Å². The fourth-order valence-corrected chi connectivity index (χ4v) is 0.921. The van der Waals surface area contributed by atoms with E-state index in [2.05, 4.69) is 15.2 Å². The van der Waals surface area contributed by atoms with Crippen molar-refractivity contribution in [3.05, 3.63) is 36.7 Å². The van der Waals surface area contributed by atoms with Crippen LogP contribution in [0, 0.1) is 0 Å². The van der Waals surface area contributed by atoms with Gasteiger partial charge in [0.15, 0.2) is 0 Å². The third-order valence-corrected chi connectivity index (χ3v) is 1.44. The van der Waals surface area contributed by atoms with Crippen LogP contribution < -0.4 is 0 Å². The van der Waals surface area contributed by atoms with Crippen molar-refractivity contribution in [2.24, 2.45) is 0 Å². The van der Waals surface area contributed by atoms with Gasteiger partial charge in [0.2, 0.25) is 0 Å². The number of H-pyrrole nitrogens is 1. The maximum Gasteiger partial charge on any atom is 3.00 e. The molecule has 3 nitrogen and oxygen atoms in total. The third-order valence-electron chi connectivity index (χ3n) is 1.44. The molecule has 0 radical (unpaired) electrons. The van der Waals surface area contributed by atoms with Crippen LogP contribution in [0.3, 0.4) is 0 Å². The molecule has 0 unspecified atom stereocenters. The van der Waals surface area contributed by atoms with Gasteiger partial charge in [0.1, 0.15) is 0 Å². The Kier molecular flexibility index (Phi) is 3.14. The molecule has 60 valence electrons. The average Bonchev–Trinajstić information content (AvgIpc) is 2.58. The molecule has 0 aliphatic rings. The van der Waals surface area contributed by atoms with E-state index in [-0.39, 0.29) is 20.1 Å². The number of nitrogens with one attached hydrogen (secondary N) is 1. The zero-order valence-corrected chi connectivity index (χ0v) is 8.59. The van der Waals surface area contributed by atoms with E-state index in [4.69, 9.17) is 0 Å². The summed E-state index contributed by atoms with van der Waals surface area (Å²) in [5.41, 5.74) is 1.87. The first-order chi connectivity index (χ1) is 5.47. The van der Waals surface area contributed by atoms with E-state index < -0.39 is 0 Å². The zero-order valence-electron chi connectivity index (χ0n) is 6.19. The third kappa shape index (κ3) is 1.78. The van der Waals surface area contributed by atoms with Crippen molar-refractivity contribution < 1.29 is 20.1 Å². The van der Waals surface area contributed by atoms with Gasteiger partial charge in [-0.15, -0.1) is 0 Å². The number of hydrogen-bond acceptors (Lipinski definition) is 2. The first-order valence-corrected chi connectivity index (χ1v) is 3.37. The molecule has 2 heterocycles. The van der Waals surface area contributed by atoms with Crippen LogP contribution in [-0.2, 0) is 20.1 Å². The second kappa shape index (κ2) is 4.14. The molecule has 2 aromatic heterocycles. The SMILES string of the molecule is [Ir+3].c1ccc(-c2ccn[nH]2)nc1. The van der Waals surface area contributed by atoms with E-state index in [1.807, 2.05) is 24.3 Å². The Labute approximate surface area is 83.6 Å². The van der Waals surface area contributed by atoms with Crippen LogP contribution >= 0.6 is 0 Å². The van der Waals surface area contributed by atoms with Crippen LogP contribution in [0.25, 0.3) is 11.4 Å². The van der Waals surface area contributed by atoms with Crippen molar-refractivity contribution in [3.63, 3.8) is 0 Å². The number of aromatic amines is 1. The minimum absolute atomic E-state index is 0. The molecule has 0 fully saturated rings. The van der Waals surface area contributed by atoms with Gasteiger partial charge in [0.05, 0.1) is 11.4 Å². The van der Waals surface area contributed by atoms with Crippen LogP contribution in [-0.4, -0.2) is 15.2 Å². The topological polar surface area (TPSA) is 41.6 Å². The molecule has 2 aromatic rings. The number of rotatable bonds is 1. The number of hydrogen-bond donors (Lipinski definition) is 1. The summed E-state index contributed by atoms with van der Waals surface area (Å²) in [4.78, 5) is 4.15. The molecule has 1 N–H and O–H groups in total. The molecule has 12 heavy (non-hydrogen) atoms. The summed E-state index contributed by atoms with van der Waals surface area (Å²) >= 11 is 0. The Bertz CT molecular complexity index is 317. The van der Waals surface area contributed by atoms with Crippen LogP contribution in [0.15, 0.2) is 36.7 Å². The predicted octanol–water partition coefficient (Wildman–Crippen LogP) is 1.47. The van der Waals surface area contributed by atoms with Gasteiger partial charge in [-0.1, -0.05) is 6.07 Å². The van der Waals surface area contributed by atoms with Gasteiger partial charge in [-0.2, -0.15) is 5.10 Å². The number of aromatic nitrogens is 3. The largest absolute Gasteiger partial charge is 3.00 e. The Balaban J connectivity index is 0.000000720. The fraction of sp³-hybridized carbons (Fsp3) is 0. The number of nitrogens with zero attached hydrogens (tertiary/aromatic N) is 2. The van der Waals surface area contributed by atoms with E-state index in [0.717, 1.165) is 11.4 Å². The summed E-state index contributed by atoms with van der Waals surface area (Å²) in [6.45, 7) is 0. The van der Waals surface area contributed by atoms with Gasteiger partial charge in [-0.25, -0.2) is 0 Å². The van der Waals surface area contributed by atoms with Crippen molar-refractivity contribution in [2.45, 2.75) is 0 Å². The van der Waals surface area contributed by atoms with Crippen molar-refractivity contribution >= 4 is 0 Å². The molecular weight excluding hydrogens is 330 g/mol. The maximum atomic E-state index is 4.15. The Morgan fingerprint density at radius 2 is 2.00 bits per heavy atom. The average molecular weight is 337 g/mol. The quantitative estimate of drug-likeness (QED) is 0.856. The Morgan fingerprint density at radius 3 is 2.58 bits per heavy atom. The molecule has 0 aromatic carbocycles. The summed E-state index contributed by atoms with van der Waals surface area (Å²) < 4.78 is 0. The molecule has 0 bridgehead atoms. The minimum Gasteiger partial charge on any atom is -0.276 e. The predicted molar refractivity (Wildman–Crippen MR) is 41.8 cm³/mol. The molecular formula is C8H7IrN3+3. The molecule has 0 aliphatic carbocycles. The second-order valence-corrected chi connectivity index (χ2v) is 2.19. The maximum absolute atomic E-state index is 4.15. The van der Waals surface area contributed by atoms with Gasteiger partial charge in [-0.3, -0.25) is 10.1 Å². The normalized spacial score (nSPS) is 9.00. The first-order valence-electron chi connectivity index (χ1n) is 3.37. The van der Waals surface area contributed by atoms with E-state index in [1.165, 1.54) is 0 Å². The Morgan fingerprint density at radius 1 is 1.08 bits per heavy atom. The van der Waals surface area contributed by atoms with Gasteiger partial charge in [0.25, 0.3) is 0 Å². The monoisotopic (exact) mass is 338 g/mol. The summed E-state index contributed by atoms with van der Waals surface area (Å²) in [6.07, 6.45) is 3.47. The van der Waals surface area contributed by atoms with Crippen LogP contribution in [0.5, 0.6) is 0 Å². The summed E-state index contributed by atoms with van der Waals surface area (Å²) in [5.74, 6) is 0.